The number of benzene rings is 1. The number of carbonyl (C=O) groups excluding carboxylic acids is 1. The van der Waals surface area contributed by atoms with Crippen LogP contribution >= 0.6 is 11.6 Å². The number of carbonyl (C=O) groups is 1. The maximum Gasteiger partial charge on any atom is 0.254 e. The first-order valence-electron chi connectivity index (χ1n) is 9.83. The number of nitrogens with zero attached hydrogens (tertiary/aromatic N) is 2. The van der Waals surface area contributed by atoms with Gasteiger partial charge >= 0.3 is 0 Å². The van der Waals surface area contributed by atoms with E-state index in [2.05, 4.69) is 4.98 Å². The molecule has 6 heteroatoms. The summed E-state index contributed by atoms with van der Waals surface area (Å²) in [5.74, 6) is 0.281. The van der Waals surface area contributed by atoms with Crippen LogP contribution in [0.15, 0.2) is 42.5 Å². The molecule has 1 N–H and O–H groups in total. The summed E-state index contributed by atoms with van der Waals surface area (Å²) >= 11 is 6.07. The maximum atomic E-state index is 13.3. The maximum absolute atomic E-state index is 13.3. The molecule has 1 saturated heterocycles. The van der Waals surface area contributed by atoms with Gasteiger partial charge in [0.2, 0.25) is 5.88 Å². The summed E-state index contributed by atoms with van der Waals surface area (Å²) in [4.78, 5) is 19.3. The normalized spacial score (nSPS) is 27.2. The van der Waals surface area contributed by atoms with E-state index in [1.54, 1.807) is 12.1 Å². The Kier molecular flexibility index (Phi) is 5.30. The molecular formula is C22H25ClN2O3. The monoisotopic (exact) mass is 400 g/mol. The third kappa shape index (κ3) is 3.38. The van der Waals surface area contributed by atoms with E-state index in [9.17, 15) is 9.90 Å². The van der Waals surface area contributed by atoms with E-state index >= 15 is 0 Å². The van der Waals surface area contributed by atoms with Crippen LogP contribution < -0.4 is 4.74 Å². The van der Waals surface area contributed by atoms with Gasteiger partial charge in [-0.1, -0.05) is 54.8 Å². The Labute approximate surface area is 170 Å². The highest BCUT2D eigenvalue weighted by atomic mass is 35.5. The number of pyridine rings is 1. The lowest BCUT2D eigenvalue weighted by Gasteiger charge is -2.52. The molecule has 1 aliphatic heterocycles. The second kappa shape index (κ2) is 7.72. The molecule has 1 saturated carbocycles. The van der Waals surface area contributed by atoms with E-state index in [0.717, 1.165) is 31.2 Å². The summed E-state index contributed by atoms with van der Waals surface area (Å²) in [6.45, 7) is 0.508. The summed E-state index contributed by atoms with van der Waals surface area (Å²) in [6.07, 6.45) is 4.49. The minimum absolute atomic E-state index is 0.0122. The highest BCUT2D eigenvalue weighted by Crippen LogP contribution is 2.47. The van der Waals surface area contributed by atoms with Crippen LogP contribution in [0.1, 0.15) is 48.0 Å². The van der Waals surface area contributed by atoms with Crippen LogP contribution in [0.4, 0.5) is 0 Å². The Balaban J connectivity index is 1.66. The number of ether oxygens (including phenoxy) is 1. The fourth-order valence-corrected chi connectivity index (χ4v) is 5.09. The topological polar surface area (TPSA) is 62.7 Å². The summed E-state index contributed by atoms with van der Waals surface area (Å²) in [5.41, 5.74) is 0.537. The number of amides is 1. The number of hydrogen-bond donors (Lipinski definition) is 1. The van der Waals surface area contributed by atoms with Crippen molar-refractivity contribution in [1.29, 1.82) is 0 Å². The number of methoxy groups -OCH3 is 1. The number of aliphatic hydroxyl groups is 1. The zero-order valence-corrected chi connectivity index (χ0v) is 16.7. The highest BCUT2D eigenvalue weighted by molar-refractivity contribution is 6.29. The van der Waals surface area contributed by atoms with Crippen LogP contribution in [0, 0.1) is 5.92 Å². The fourth-order valence-electron chi connectivity index (χ4n) is 4.89. The summed E-state index contributed by atoms with van der Waals surface area (Å²) in [7, 11) is 1.50. The lowest BCUT2D eigenvalue weighted by atomic mass is 9.66. The van der Waals surface area contributed by atoms with Crippen molar-refractivity contribution in [3.8, 4) is 5.88 Å². The molecule has 4 rings (SSSR count). The van der Waals surface area contributed by atoms with Crippen LogP contribution in [0.25, 0.3) is 0 Å². The largest absolute Gasteiger partial charge is 0.481 e. The van der Waals surface area contributed by atoms with Crippen molar-refractivity contribution in [2.45, 2.75) is 43.7 Å². The average molecular weight is 401 g/mol. The SMILES string of the molecule is COc1cc(C(=O)N2CCC(O)(c3ccccc3)[C@H]3CCCC[C@@H]32)cc(Cl)n1. The summed E-state index contributed by atoms with van der Waals surface area (Å²) < 4.78 is 5.16. The van der Waals surface area contributed by atoms with Crippen LogP contribution in [0.5, 0.6) is 5.88 Å². The lowest BCUT2D eigenvalue weighted by Crippen LogP contribution is -2.59. The number of hydrogen-bond acceptors (Lipinski definition) is 4. The highest BCUT2D eigenvalue weighted by Gasteiger charge is 2.50. The Bertz CT molecular complexity index is 860. The van der Waals surface area contributed by atoms with E-state index in [-0.39, 0.29) is 23.0 Å². The number of aromatic nitrogens is 1. The van der Waals surface area contributed by atoms with Gasteiger partial charge in [0.15, 0.2) is 0 Å². The molecule has 0 spiro atoms. The molecule has 1 aliphatic carbocycles. The zero-order chi connectivity index (χ0) is 19.7. The van der Waals surface area contributed by atoms with E-state index in [4.69, 9.17) is 16.3 Å². The first-order valence-corrected chi connectivity index (χ1v) is 10.2. The predicted molar refractivity (Wildman–Crippen MR) is 108 cm³/mol. The number of piperidine rings is 1. The Hall–Kier alpha value is -2.11. The molecule has 2 fully saturated rings. The van der Waals surface area contributed by atoms with E-state index in [1.165, 1.54) is 7.11 Å². The quantitative estimate of drug-likeness (QED) is 0.790. The van der Waals surface area contributed by atoms with Gasteiger partial charge in [-0.2, -0.15) is 0 Å². The van der Waals surface area contributed by atoms with Crippen molar-refractivity contribution in [3.63, 3.8) is 0 Å². The molecule has 1 aromatic carbocycles. The minimum atomic E-state index is -0.892. The Morgan fingerprint density at radius 2 is 2.00 bits per heavy atom. The molecule has 0 radical (unpaired) electrons. The number of halogens is 1. The molecule has 2 aliphatic rings. The van der Waals surface area contributed by atoms with Gasteiger partial charge in [-0.15, -0.1) is 0 Å². The molecule has 148 valence electrons. The molecule has 2 heterocycles. The zero-order valence-electron chi connectivity index (χ0n) is 16.0. The first-order chi connectivity index (χ1) is 13.5. The molecule has 3 atom stereocenters. The first kappa shape index (κ1) is 19.2. The molecule has 28 heavy (non-hydrogen) atoms. The van der Waals surface area contributed by atoms with Crippen LogP contribution in [-0.2, 0) is 5.60 Å². The van der Waals surface area contributed by atoms with Gasteiger partial charge in [0.25, 0.3) is 5.91 Å². The molecular weight excluding hydrogens is 376 g/mol. The van der Waals surface area contributed by atoms with Gasteiger partial charge in [-0.05, 0) is 30.9 Å². The van der Waals surface area contributed by atoms with E-state index < -0.39 is 5.60 Å². The minimum Gasteiger partial charge on any atom is -0.481 e. The van der Waals surface area contributed by atoms with Crippen molar-refractivity contribution in [2.24, 2.45) is 5.92 Å². The van der Waals surface area contributed by atoms with Gasteiger partial charge in [0.05, 0.1) is 12.7 Å². The molecule has 1 amide bonds. The number of rotatable bonds is 3. The van der Waals surface area contributed by atoms with Crippen LogP contribution in [-0.4, -0.2) is 40.6 Å². The Morgan fingerprint density at radius 3 is 2.75 bits per heavy atom. The average Bonchev–Trinajstić information content (AvgIpc) is 2.74. The lowest BCUT2D eigenvalue weighted by molar-refractivity contribution is -0.110. The van der Waals surface area contributed by atoms with E-state index in [0.29, 0.717) is 24.4 Å². The third-order valence-electron chi connectivity index (χ3n) is 6.24. The Morgan fingerprint density at radius 1 is 1.25 bits per heavy atom. The third-order valence-corrected chi connectivity index (χ3v) is 6.43. The summed E-state index contributed by atoms with van der Waals surface area (Å²) in [6, 6.07) is 13.1. The number of likely N-dealkylation sites (tertiary alicyclic amines) is 1. The van der Waals surface area contributed by atoms with Gasteiger partial charge in [0.1, 0.15) is 5.15 Å². The van der Waals surface area contributed by atoms with Gasteiger partial charge in [-0.25, -0.2) is 4.98 Å². The van der Waals surface area contributed by atoms with Crippen molar-refractivity contribution in [3.05, 3.63) is 58.7 Å². The van der Waals surface area contributed by atoms with Crippen LogP contribution in [0.2, 0.25) is 5.15 Å². The standard InChI is InChI=1S/C22H25ClN2O3/c1-28-20-14-15(13-19(23)24-20)21(26)25-12-11-22(27,16-7-3-2-4-8-16)17-9-5-6-10-18(17)25/h2-4,7-8,13-14,17-18,27H,5-6,9-12H2,1H3/t17-,18-,22?/m0/s1. The number of fused-ring (bicyclic) bond motifs is 1. The predicted octanol–water partition coefficient (Wildman–Crippen LogP) is 4.04. The fraction of sp³-hybridized carbons (Fsp3) is 0.455. The molecule has 1 unspecified atom stereocenters. The van der Waals surface area contributed by atoms with Gasteiger partial charge in [-0.3, -0.25) is 4.79 Å². The molecule has 1 aromatic heterocycles. The molecule has 2 aromatic rings. The van der Waals surface area contributed by atoms with Crippen molar-refractivity contribution in [2.75, 3.05) is 13.7 Å². The van der Waals surface area contributed by atoms with Crippen molar-refractivity contribution in [1.82, 2.24) is 9.88 Å². The van der Waals surface area contributed by atoms with E-state index in [1.807, 2.05) is 35.2 Å². The smallest absolute Gasteiger partial charge is 0.254 e. The second-order valence-electron chi connectivity index (χ2n) is 7.72. The summed E-state index contributed by atoms with van der Waals surface area (Å²) in [5, 5.41) is 11.9. The molecule has 5 nitrogen and oxygen atoms in total. The van der Waals surface area contributed by atoms with Crippen molar-refractivity contribution >= 4 is 17.5 Å². The van der Waals surface area contributed by atoms with Crippen molar-refractivity contribution < 1.29 is 14.6 Å². The second-order valence-corrected chi connectivity index (χ2v) is 8.11. The molecule has 0 bridgehead atoms. The van der Waals surface area contributed by atoms with Gasteiger partial charge in [0, 0.05) is 30.1 Å². The van der Waals surface area contributed by atoms with Crippen LogP contribution in [0.3, 0.4) is 0 Å². The van der Waals surface area contributed by atoms with Gasteiger partial charge < -0.3 is 14.7 Å².